The van der Waals surface area contributed by atoms with E-state index in [0.717, 1.165) is 16.2 Å². The van der Waals surface area contributed by atoms with E-state index in [9.17, 15) is 0 Å². The zero-order valence-electron chi connectivity index (χ0n) is 8.98. The lowest BCUT2D eigenvalue weighted by Crippen LogP contribution is -1.84. The lowest BCUT2D eigenvalue weighted by molar-refractivity contribution is 1.24. The van der Waals surface area contributed by atoms with Crippen molar-refractivity contribution in [1.82, 2.24) is 4.98 Å². The van der Waals surface area contributed by atoms with Crippen LogP contribution in [0, 0.1) is 0 Å². The van der Waals surface area contributed by atoms with Crippen molar-refractivity contribution in [3.8, 4) is 11.1 Å². The number of hydrogen-bond acceptors (Lipinski definition) is 2. The number of rotatable bonds is 3. The van der Waals surface area contributed by atoms with Crippen molar-refractivity contribution in [3.05, 3.63) is 47.7 Å². The zero-order chi connectivity index (χ0) is 11.4. The number of nitrogens with zero attached hydrogens (tertiary/aromatic N) is 1. The number of aromatic nitrogens is 1. The highest BCUT2D eigenvalue weighted by Gasteiger charge is 2.04. The predicted molar refractivity (Wildman–Crippen MR) is 71.1 cm³/mol. The molecular formula is C13H12ClNS. The minimum Gasteiger partial charge on any atom is -0.243 e. The summed E-state index contributed by atoms with van der Waals surface area (Å²) in [5.41, 5.74) is 2.28. The van der Waals surface area contributed by atoms with Gasteiger partial charge in [-0.05, 0) is 17.4 Å². The van der Waals surface area contributed by atoms with Gasteiger partial charge in [-0.3, -0.25) is 0 Å². The van der Waals surface area contributed by atoms with Gasteiger partial charge in [0, 0.05) is 16.7 Å². The van der Waals surface area contributed by atoms with Crippen LogP contribution >= 0.6 is 23.4 Å². The number of hydrogen-bond donors (Lipinski definition) is 0. The molecule has 0 spiro atoms. The molecule has 1 aromatic carbocycles. The average molecular weight is 250 g/mol. The van der Waals surface area contributed by atoms with Crippen LogP contribution in [0.4, 0.5) is 0 Å². The monoisotopic (exact) mass is 249 g/mol. The molecule has 0 atom stereocenters. The van der Waals surface area contributed by atoms with Crippen molar-refractivity contribution in [1.29, 1.82) is 0 Å². The largest absolute Gasteiger partial charge is 0.243 e. The normalized spacial score (nSPS) is 10.4. The summed E-state index contributed by atoms with van der Waals surface area (Å²) in [6, 6.07) is 12.3. The quantitative estimate of drug-likeness (QED) is 0.586. The number of pyridine rings is 1. The van der Waals surface area contributed by atoms with Crippen molar-refractivity contribution >= 4 is 23.4 Å². The molecule has 1 nitrogen and oxygen atoms in total. The number of halogens is 1. The predicted octanol–water partition coefficient (Wildman–Crippen LogP) is 4.51. The van der Waals surface area contributed by atoms with Gasteiger partial charge in [-0.25, -0.2) is 4.98 Å². The first-order valence-electron chi connectivity index (χ1n) is 5.15. The molecule has 3 heteroatoms. The Labute approximate surface area is 105 Å². The summed E-state index contributed by atoms with van der Waals surface area (Å²) in [6.45, 7) is 2.11. The van der Waals surface area contributed by atoms with Crippen LogP contribution in [0.3, 0.4) is 0 Å². The van der Waals surface area contributed by atoms with E-state index in [1.807, 2.05) is 24.4 Å². The number of benzene rings is 1. The molecule has 0 saturated carbocycles. The van der Waals surface area contributed by atoms with Gasteiger partial charge in [-0.2, -0.15) is 0 Å². The van der Waals surface area contributed by atoms with E-state index < -0.39 is 0 Å². The molecule has 82 valence electrons. The molecule has 0 N–H and O–H groups in total. The minimum absolute atomic E-state index is 0.589. The van der Waals surface area contributed by atoms with Crippen LogP contribution < -0.4 is 0 Å². The maximum absolute atomic E-state index is 6.03. The standard InChI is InChI=1S/C13H12ClNS/c1-2-16-12-8-11(9-15-13(12)14)10-6-4-3-5-7-10/h3-9H,2H2,1H3. The molecule has 1 heterocycles. The highest BCUT2D eigenvalue weighted by molar-refractivity contribution is 7.99. The molecule has 2 aromatic rings. The van der Waals surface area contributed by atoms with E-state index >= 15 is 0 Å². The first kappa shape index (κ1) is 11.5. The van der Waals surface area contributed by atoms with Gasteiger partial charge in [-0.1, -0.05) is 48.9 Å². The molecule has 0 amide bonds. The highest BCUT2D eigenvalue weighted by atomic mass is 35.5. The Morgan fingerprint density at radius 1 is 1.19 bits per heavy atom. The Bertz CT molecular complexity index is 471. The summed E-state index contributed by atoms with van der Waals surface area (Å²) < 4.78 is 0. The number of thioether (sulfide) groups is 1. The summed E-state index contributed by atoms with van der Waals surface area (Å²) in [4.78, 5) is 5.27. The third kappa shape index (κ3) is 2.57. The van der Waals surface area contributed by atoms with E-state index in [1.54, 1.807) is 11.8 Å². The second-order valence-electron chi connectivity index (χ2n) is 3.31. The smallest absolute Gasteiger partial charge is 0.142 e. The fraction of sp³-hybridized carbons (Fsp3) is 0.154. The fourth-order valence-electron chi connectivity index (χ4n) is 1.47. The summed E-state index contributed by atoms with van der Waals surface area (Å²) in [5, 5.41) is 0.589. The molecule has 0 aliphatic rings. The fourth-order valence-corrected chi connectivity index (χ4v) is 2.43. The molecule has 0 radical (unpaired) electrons. The van der Waals surface area contributed by atoms with Crippen LogP contribution in [0.25, 0.3) is 11.1 Å². The van der Waals surface area contributed by atoms with Crippen LogP contribution in [-0.2, 0) is 0 Å². The Morgan fingerprint density at radius 3 is 2.62 bits per heavy atom. The van der Waals surface area contributed by atoms with Crippen molar-refractivity contribution in [2.75, 3.05) is 5.75 Å². The minimum atomic E-state index is 0.589. The maximum Gasteiger partial charge on any atom is 0.142 e. The average Bonchev–Trinajstić information content (AvgIpc) is 2.33. The molecular weight excluding hydrogens is 238 g/mol. The lowest BCUT2D eigenvalue weighted by Gasteiger charge is -2.05. The molecule has 0 unspecified atom stereocenters. The van der Waals surface area contributed by atoms with Crippen molar-refractivity contribution < 1.29 is 0 Å². The second kappa shape index (κ2) is 5.37. The van der Waals surface area contributed by atoms with Gasteiger partial charge in [0.15, 0.2) is 0 Å². The molecule has 1 aromatic heterocycles. The van der Waals surface area contributed by atoms with Crippen LogP contribution in [0.1, 0.15) is 6.92 Å². The van der Waals surface area contributed by atoms with Crippen LogP contribution in [0.15, 0.2) is 47.5 Å². The summed E-state index contributed by atoms with van der Waals surface area (Å²) in [6.07, 6.45) is 1.82. The molecule has 0 aliphatic heterocycles. The summed E-state index contributed by atoms with van der Waals surface area (Å²) >= 11 is 7.75. The van der Waals surface area contributed by atoms with E-state index in [0.29, 0.717) is 5.15 Å². The van der Waals surface area contributed by atoms with Crippen molar-refractivity contribution in [2.24, 2.45) is 0 Å². The van der Waals surface area contributed by atoms with Crippen molar-refractivity contribution in [3.63, 3.8) is 0 Å². The summed E-state index contributed by atoms with van der Waals surface area (Å²) in [7, 11) is 0. The van der Waals surface area contributed by atoms with E-state index in [2.05, 4.69) is 30.1 Å². The molecule has 16 heavy (non-hydrogen) atoms. The van der Waals surface area contributed by atoms with Gasteiger partial charge in [0.2, 0.25) is 0 Å². The second-order valence-corrected chi connectivity index (χ2v) is 4.98. The summed E-state index contributed by atoms with van der Waals surface area (Å²) in [5.74, 6) is 1.000. The zero-order valence-corrected chi connectivity index (χ0v) is 10.6. The van der Waals surface area contributed by atoms with Crippen LogP contribution in [0.5, 0.6) is 0 Å². The van der Waals surface area contributed by atoms with Gasteiger partial charge in [-0.15, -0.1) is 11.8 Å². The molecule has 2 rings (SSSR count). The third-order valence-corrected chi connectivity index (χ3v) is 3.54. The van der Waals surface area contributed by atoms with Crippen LogP contribution in [-0.4, -0.2) is 10.7 Å². The molecule has 0 fully saturated rings. The van der Waals surface area contributed by atoms with Gasteiger partial charge in [0.05, 0.1) is 0 Å². The SMILES string of the molecule is CCSc1cc(-c2ccccc2)cnc1Cl. The first-order valence-corrected chi connectivity index (χ1v) is 6.51. The van der Waals surface area contributed by atoms with Crippen LogP contribution in [0.2, 0.25) is 5.15 Å². The van der Waals surface area contributed by atoms with Gasteiger partial charge < -0.3 is 0 Å². The van der Waals surface area contributed by atoms with Gasteiger partial charge in [0.25, 0.3) is 0 Å². The topological polar surface area (TPSA) is 12.9 Å². The Hall–Kier alpha value is -0.990. The highest BCUT2D eigenvalue weighted by Crippen LogP contribution is 2.29. The van der Waals surface area contributed by atoms with E-state index in [-0.39, 0.29) is 0 Å². The van der Waals surface area contributed by atoms with E-state index in [1.165, 1.54) is 5.56 Å². The first-order chi connectivity index (χ1) is 7.81. The third-order valence-electron chi connectivity index (χ3n) is 2.21. The molecule has 0 aliphatic carbocycles. The maximum atomic E-state index is 6.03. The van der Waals surface area contributed by atoms with E-state index in [4.69, 9.17) is 11.6 Å². The van der Waals surface area contributed by atoms with Gasteiger partial charge >= 0.3 is 0 Å². The Balaban J connectivity index is 2.40. The molecule has 0 saturated heterocycles. The Morgan fingerprint density at radius 2 is 1.94 bits per heavy atom. The lowest BCUT2D eigenvalue weighted by atomic mass is 10.1. The molecule has 0 bridgehead atoms. The van der Waals surface area contributed by atoms with Gasteiger partial charge in [0.1, 0.15) is 5.15 Å². The van der Waals surface area contributed by atoms with Crippen molar-refractivity contribution in [2.45, 2.75) is 11.8 Å². The Kier molecular flexibility index (Phi) is 3.86.